The van der Waals surface area contributed by atoms with Gasteiger partial charge < -0.3 is 9.72 Å². The first-order valence-corrected chi connectivity index (χ1v) is 7.60. The Morgan fingerprint density at radius 1 is 1.14 bits per heavy atom. The molecule has 4 nitrogen and oxygen atoms in total. The maximum absolute atomic E-state index is 5.85. The molecule has 0 saturated heterocycles. The molecule has 0 fully saturated rings. The minimum absolute atomic E-state index is 0.0933. The zero-order valence-electron chi connectivity index (χ0n) is 13.1. The van der Waals surface area contributed by atoms with Gasteiger partial charge in [-0.3, -0.25) is 0 Å². The molecule has 22 heavy (non-hydrogen) atoms. The molecule has 3 heterocycles. The Balaban J connectivity index is 1.89. The quantitative estimate of drug-likeness (QED) is 0.739. The molecule has 1 atom stereocenters. The molecule has 0 aliphatic carbocycles. The molecule has 1 unspecified atom stereocenters. The largest absolute Gasteiger partial charge is 0.474 e. The lowest BCUT2D eigenvalue weighted by Gasteiger charge is -2.21. The minimum atomic E-state index is 0.0933. The monoisotopic (exact) mass is 293 g/mol. The maximum atomic E-state index is 5.85. The van der Waals surface area contributed by atoms with Crippen molar-refractivity contribution in [2.75, 3.05) is 6.61 Å². The second-order valence-corrected chi connectivity index (χ2v) is 6.88. The van der Waals surface area contributed by atoms with Crippen LogP contribution in [0.15, 0.2) is 41.5 Å². The summed E-state index contributed by atoms with van der Waals surface area (Å²) in [6.45, 7) is 7.18. The lowest BCUT2D eigenvalue weighted by atomic mass is 9.88. The van der Waals surface area contributed by atoms with E-state index in [1.165, 1.54) is 5.39 Å². The number of aliphatic imine (C=N–C) groups is 1. The summed E-state index contributed by atoms with van der Waals surface area (Å²) in [5.74, 6) is 0.650. The highest BCUT2D eigenvalue weighted by molar-refractivity contribution is 6.14. The van der Waals surface area contributed by atoms with Gasteiger partial charge in [0.25, 0.3) is 0 Å². The van der Waals surface area contributed by atoms with Crippen molar-refractivity contribution in [1.29, 1.82) is 0 Å². The van der Waals surface area contributed by atoms with E-state index < -0.39 is 0 Å². The Kier molecular flexibility index (Phi) is 2.76. The van der Waals surface area contributed by atoms with E-state index in [0.717, 1.165) is 22.1 Å². The van der Waals surface area contributed by atoms with Gasteiger partial charge in [-0.1, -0.05) is 39.0 Å². The molecule has 0 saturated carbocycles. The van der Waals surface area contributed by atoms with Crippen LogP contribution in [0.25, 0.3) is 21.8 Å². The van der Waals surface area contributed by atoms with Crippen molar-refractivity contribution >= 4 is 27.7 Å². The molecule has 112 valence electrons. The zero-order chi connectivity index (χ0) is 15.3. The van der Waals surface area contributed by atoms with Crippen LogP contribution in [-0.4, -0.2) is 28.5 Å². The topological polar surface area (TPSA) is 50.3 Å². The van der Waals surface area contributed by atoms with Crippen LogP contribution in [0.3, 0.4) is 0 Å². The Hall–Kier alpha value is -2.36. The average molecular weight is 293 g/mol. The van der Waals surface area contributed by atoms with E-state index >= 15 is 0 Å². The van der Waals surface area contributed by atoms with Gasteiger partial charge in [-0.15, -0.1) is 0 Å². The second-order valence-electron chi connectivity index (χ2n) is 6.88. The van der Waals surface area contributed by atoms with E-state index in [4.69, 9.17) is 9.73 Å². The van der Waals surface area contributed by atoms with Crippen LogP contribution < -0.4 is 0 Å². The van der Waals surface area contributed by atoms with Crippen molar-refractivity contribution in [2.24, 2.45) is 10.4 Å². The van der Waals surface area contributed by atoms with Crippen LogP contribution in [0.1, 0.15) is 26.5 Å². The minimum Gasteiger partial charge on any atom is -0.474 e. The number of aromatic nitrogens is 2. The van der Waals surface area contributed by atoms with E-state index in [1.54, 1.807) is 0 Å². The zero-order valence-corrected chi connectivity index (χ0v) is 13.1. The van der Waals surface area contributed by atoms with Gasteiger partial charge in [0, 0.05) is 22.5 Å². The highest BCUT2D eigenvalue weighted by atomic mass is 16.5. The number of benzene rings is 1. The van der Waals surface area contributed by atoms with Gasteiger partial charge >= 0.3 is 0 Å². The maximum Gasteiger partial charge on any atom is 0.238 e. The Morgan fingerprint density at radius 3 is 2.73 bits per heavy atom. The predicted octanol–water partition coefficient (Wildman–Crippen LogP) is 3.91. The SMILES string of the molecule is CC(C)(C)C1COC(c2nccc3c2[nH]c2ccccc23)=N1. The van der Waals surface area contributed by atoms with Gasteiger partial charge in [0.05, 0.1) is 11.6 Å². The van der Waals surface area contributed by atoms with Crippen molar-refractivity contribution < 1.29 is 4.74 Å². The number of ether oxygens (including phenoxy) is 1. The molecule has 1 aromatic carbocycles. The molecule has 1 N–H and O–H groups in total. The highest BCUT2D eigenvalue weighted by Gasteiger charge is 2.31. The van der Waals surface area contributed by atoms with Crippen LogP contribution in [0.2, 0.25) is 0 Å². The predicted molar refractivity (Wildman–Crippen MR) is 89.3 cm³/mol. The lowest BCUT2D eigenvalue weighted by Crippen LogP contribution is -2.25. The number of pyridine rings is 1. The lowest BCUT2D eigenvalue weighted by molar-refractivity contribution is 0.235. The van der Waals surface area contributed by atoms with Crippen molar-refractivity contribution in [1.82, 2.24) is 9.97 Å². The highest BCUT2D eigenvalue weighted by Crippen LogP contribution is 2.30. The number of H-pyrrole nitrogens is 1. The summed E-state index contributed by atoms with van der Waals surface area (Å²) in [7, 11) is 0. The third-order valence-electron chi connectivity index (χ3n) is 4.28. The molecule has 0 amide bonds. The first-order chi connectivity index (χ1) is 10.5. The fourth-order valence-corrected chi connectivity index (χ4v) is 2.88. The molecule has 3 aromatic rings. The first kappa shape index (κ1) is 13.3. The second kappa shape index (κ2) is 4.57. The van der Waals surface area contributed by atoms with Gasteiger partial charge in [0.15, 0.2) is 0 Å². The Morgan fingerprint density at radius 2 is 1.95 bits per heavy atom. The summed E-state index contributed by atoms with van der Waals surface area (Å²) >= 11 is 0. The first-order valence-electron chi connectivity index (χ1n) is 7.60. The summed E-state index contributed by atoms with van der Waals surface area (Å²) in [6.07, 6.45) is 1.83. The van der Waals surface area contributed by atoms with Gasteiger partial charge in [-0.05, 0) is 17.5 Å². The molecule has 4 rings (SSSR count). The smallest absolute Gasteiger partial charge is 0.238 e. The van der Waals surface area contributed by atoms with Crippen LogP contribution >= 0.6 is 0 Å². The number of hydrogen-bond donors (Lipinski definition) is 1. The standard InChI is InChI=1S/C18H19N3O/c1-18(2,3)14-10-22-17(21-14)16-15-12(8-9-19-16)11-6-4-5-7-13(11)20-15/h4-9,14,20H,10H2,1-3H3. The van der Waals surface area contributed by atoms with Gasteiger partial charge in [-0.25, -0.2) is 9.98 Å². The van der Waals surface area contributed by atoms with E-state index in [-0.39, 0.29) is 11.5 Å². The van der Waals surface area contributed by atoms with E-state index in [2.05, 4.69) is 48.9 Å². The Bertz CT molecular complexity index is 886. The normalized spacial score (nSPS) is 18.7. The fraction of sp³-hybridized carbons (Fsp3) is 0.333. The van der Waals surface area contributed by atoms with E-state index in [1.807, 2.05) is 18.3 Å². The summed E-state index contributed by atoms with van der Waals surface area (Å²) in [5, 5.41) is 2.36. The molecule has 4 heteroatoms. The average Bonchev–Trinajstić information content (AvgIpc) is 3.11. The fourth-order valence-electron chi connectivity index (χ4n) is 2.88. The van der Waals surface area contributed by atoms with Crippen molar-refractivity contribution in [2.45, 2.75) is 26.8 Å². The number of hydrogen-bond acceptors (Lipinski definition) is 3. The molecule has 0 radical (unpaired) electrons. The number of aromatic amines is 1. The van der Waals surface area contributed by atoms with Crippen LogP contribution in [0.4, 0.5) is 0 Å². The molecular weight excluding hydrogens is 274 g/mol. The number of fused-ring (bicyclic) bond motifs is 3. The summed E-state index contributed by atoms with van der Waals surface area (Å²) < 4.78 is 5.85. The number of para-hydroxylation sites is 1. The molecule has 2 aromatic heterocycles. The number of nitrogens with zero attached hydrogens (tertiary/aromatic N) is 2. The molecule has 0 bridgehead atoms. The van der Waals surface area contributed by atoms with Gasteiger partial charge in [-0.2, -0.15) is 0 Å². The Labute approximate surface area is 129 Å². The summed E-state index contributed by atoms with van der Waals surface area (Å²) in [6, 6.07) is 10.5. The van der Waals surface area contributed by atoms with E-state index in [0.29, 0.717) is 12.5 Å². The molecule has 1 aliphatic rings. The summed E-state index contributed by atoms with van der Waals surface area (Å²) in [4.78, 5) is 12.7. The third kappa shape index (κ3) is 1.98. The number of nitrogens with one attached hydrogen (secondary N) is 1. The van der Waals surface area contributed by atoms with Gasteiger partial charge in [0.2, 0.25) is 5.90 Å². The molecule has 0 spiro atoms. The van der Waals surface area contributed by atoms with E-state index in [9.17, 15) is 0 Å². The molecular formula is C18H19N3O. The summed E-state index contributed by atoms with van der Waals surface area (Å²) in [5.41, 5.74) is 3.01. The van der Waals surface area contributed by atoms with Crippen LogP contribution in [0, 0.1) is 5.41 Å². The van der Waals surface area contributed by atoms with Crippen molar-refractivity contribution in [3.05, 3.63) is 42.2 Å². The number of rotatable bonds is 1. The van der Waals surface area contributed by atoms with Crippen molar-refractivity contribution in [3.63, 3.8) is 0 Å². The van der Waals surface area contributed by atoms with Gasteiger partial charge in [0.1, 0.15) is 12.3 Å². The van der Waals surface area contributed by atoms with Crippen molar-refractivity contribution in [3.8, 4) is 0 Å². The molecule has 1 aliphatic heterocycles. The van der Waals surface area contributed by atoms with Crippen LogP contribution in [0.5, 0.6) is 0 Å². The third-order valence-corrected chi connectivity index (χ3v) is 4.28. The van der Waals surface area contributed by atoms with Crippen LogP contribution in [-0.2, 0) is 4.74 Å².